The monoisotopic (exact) mass is 156 g/mol. The van der Waals surface area contributed by atoms with Gasteiger partial charge in [-0.25, -0.2) is 0 Å². The van der Waals surface area contributed by atoms with E-state index in [0.717, 1.165) is 18.5 Å². The van der Waals surface area contributed by atoms with Gasteiger partial charge in [-0.1, -0.05) is 20.3 Å². The van der Waals surface area contributed by atoms with E-state index in [0.29, 0.717) is 6.04 Å². The molecule has 0 spiro atoms. The number of hydrogen-bond acceptors (Lipinski definition) is 2. The molecule has 1 rings (SSSR count). The smallest absolute Gasteiger partial charge is 0.0218 e. The van der Waals surface area contributed by atoms with Crippen molar-refractivity contribution in [2.75, 3.05) is 6.54 Å². The Morgan fingerprint density at radius 1 is 1.55 bits per heavy atom. The quantitative estimate of drug-likeness (QED) is 0.626. The third-order valence-electron chi connectivity index (χ3n) is 2.61. The number of nitrogens with two attached hydrogens (primary N) is 1. The second kappa shape index (κ2) is 4.07. The first-order valence-corrected chi connectivity index (χ1v) is 4.74. The molecule has 0 heterocycles. The van der Waals surface area contributed by atoms with Crippen LogP contribution in [0.25, 0.3) is 0 Å². The van der Waals surface area contributed by atoms with Gasteiger partial charge in [0.2, 0.25) is 0 Å². The van der Waals surface area contributed by atoms with Crippen LogP contribution in [0.3, 0.4) is 0 Å². The molecule has 0 aliphatic heterocycles. The van der Waals surface area contributed by atoms with Crippen LogP contribution in [0, 0.1) is 5.92 Å². The first-order chi connectivity index (χ1) is 5.27. The normalized spacial score (nSPS) is 23.2. The lowest BCUT2D eigenvalue weighted by Crippen LogP contribution is -2.42. The minimum atomic E-state index is 0.549. The maximum absolute atomic E-state index is 5.66. The topological polar surface area (TPSA) is 38.0 Å². The molecule has 1 fully saturated rings. The molecule has 1 saturated carbocycles. The molecule has 2 unspecified atom stereocenters. The lowest BCUT2D eigenvalue weighted by atomic mass is 9.99. The maximum atomic E-state index is 5.66. The number of hydrogen-bond donors (Lipinski definition) is 2. The van der Waals surface area contributed by atoms with Crippen molar-refractivity contribution in [1.29, 1.82) is 0 Å². The van der Waals surface area contributed by atoms with Crippen molar-refractivity contribution in [3.05, 3.63) is 0 Å². The van der Waals surface area contributed by atoms with E-state index in [-0.39, 0.29) is 0 Å². The molecule has 0 bridgehead atoms. The van der Waals surface area contributed by atoms with Gasteiger partial charge in [0.05, 0.1) is 0 Å². The fraction of sp³-hybridized carbons (Fsp3) is 1.00. The number of rotatable bonds is 5. The summed E-state index contributed by atoms with van der Waals surface area (Å²) in [5.41, 5.74) is 5.66. The molecule has 0 radical (unpaired) electrons. The first kappa shape index (κ1) is 9.01. The molecule has 0 saturated heterocycles. The van der Waals surface area contributed by atoms with Crippen LogP contribution in [0.15, 0.2) is 0 Å². The van der Waals surface area contributed by atoms with E-state index in [2.05, 4.69) is 19.2 Å². The van der Waals surface area contributed by atoms with Gasteiger partial charge in [0.1, 0.15) is 0 Å². The van der Waals surface area contributed by atoms with Crippen LogP contribution in [-0.4, -0.2) is 18.6 Å². The van der Waals surface area contributed by atoms with Gasteiger partial charge < -0.3 is 11.1 Å². The lowest BCUT2D eigenvalue weighted by molar-refractivity contribution is 0.370. The zero-order valence-electron chi connectivity index (χ0n) is 7.64. The van der Waals surface area contributed by atoms with Crippen molar-refractivity contribution < 1.29 is 0 Å². The van der Waals surface area contributed by atoms with Crippen molar-refractivity contribution >= 4 is 0 Å². The molecule has 1 aliphatic rings. The molecule has 0 aromatic rings. The molecule has 0 amide bonds. The van der Waals surface area contributed by atoms with Gasteiger partial charge in [0, 0.05) is 18.6 Å². The molecule has 1 aliphatic carbocycles. The Bertz CT molecular complexity index is 110. The third kappa shape index (κ3) is 2.80. The minimum Gasteiger partial charge on any atom is -0.329 e. The summed E-state index contributed by atoms with van der Waals surface area (Å²) in [5, 5.41) is 3.57. The Morgan fingerprint density at radius 3 is 2.55 bits per heavy atom. The summed E-state index contributed by atoms with van der Waals surface area (Å²) in [4.78, 5) is 0. The SMILES string of the molecule is CCC(C)C(CN)NC1CC1. The average Bonchev–Trinajstić information content (AvgIpc) is 2.82. The van der Waals surface area contributed by atoms with Gasteiger partial charge in [-0.15, -0.1) is 0 Å². The predicted molar refractivity (Wildman–Crippen MR) is 48.5 cm³/mol. The van der Waals surface area contributed by atoms with E-state index < -0.39 is 0 Å². The van der Waals surface area contributed by atoms with Crippen LogP contribution in [-0.2, 0) is 0 Å². The van der Waals surface area contributed by atoms with E-state index in [9.17, 15) is 0 Å². The Hall–Kier alpha value is -0.0800. The molecule has 66 valence electrons. The summed E-state index contributed by atoms with van der Waals surface area (Å²) >= 11 is 0. The molecule has 0 aromatic carbocycles. The van der Waals surface area contributed by atoms with Crippen molar-refractivity contribution in [2.45, 2.75) is 45.2 Å². The summed E-state index contributed by atoms with van der Waals surface area (Å²) < 4.78 is 0. The molecule has 11 heavy (non-hydrogen) atoms. The van der Waals surface area contributed by atoms with Crippen LogP contribution in [0.5, 0.6) is 0 Å². The Morgan fingerprint density at radius 2 is 2.18 bits per heavy atom. The fourth-order valence-electron chi connectivity index (χ4n) is 1.30. The van der Waals surface area contributed by atoms with Crippen molar-refractivity contribution in [1.82, 2.24) is 5.32 Å². The molecule has 2 nitrogen and oxygen atoms in total. The Kier molecular flexibility index (Phi) is 3.34. The van der Waals surface area contributed by atoms with E-state index in [1.807, 2.05) is 0 Å². The first-order valence-electron chi connectivity index (χ1n) is 4.74. The van der Waals surface area contributed by atoms with Gasteiger partial charge in [-0.3, -0.25) is 0 Å². The highest BCUT2D eigenvalue weighted by atomic mass is 15.0. The van der Waals surface area contributed by atoms with E-state index in [1.54, 1.807) is 0 Å². The standard InChI is InChI=1S/C9H20N2/c1-3-7(2)9(6-10)11-8-4-5-8/h7-9,11H,3-6,10H2,1-2H3. The molecule has 2 atom stereocenters. The van der Waals surface area contributed by atoms with E-state index >= 15 is 0 Å². The van der Waals surface area contributed by atoms with Gasteiger partial charge in [0.25, 0.3) is 0 Å². The van der Waals surface area contributed by atoms with Gasteiger partial charge in [-0.05, 0) is 18.8 Å². The molecule has 0 aromatic heterocycles. The Balaban J connectivity index is 2.21. The lowest BCUT2D eigenvalue weighted by Gasteiger charge is -2.22. The third-order valence-corrected chi connectivity index (χ3v) is 2.61. The molecular weight excluding hydrogens is 136 g/mol. The minimum absolute atomic E-state index is 0.549. The predicted octanol–water partition coefficient (Wildman–Crippen LogP) is 1.11. The van der Waals surface area contributed by atoms with Crippen LogP contribution < -0.4 is 11.1 Å². The summed E-state index contributed by atoms with van der Waals surface area (Å²) in [5.74, 6) is 0.723. The molecule has 2 heteroatoms. The van der Waals surface area contributed by atoms with Crippen LogP contribution >= 0.6 is 0 Å². The van der Waals surface area contributed by atoms with Crippen molar-refractivity contribution in [2.24, 2.45) is 11.7 Å². The summed E-state index contributed by atoms with van der Waals surface area (Å²) in [7, 11) is 0. The van der Waals surface area contributed by atoms with Gasteiger partial charge in [-0.2, -0.15) is 0 Å². The number of nitrogens with one attached hydrogen (secondary N) is 1. The summed E-state index contributed by atoms with van der Waals surface area (Å²) in [6.45, 7) is 5.28. The highest BCUT2D eigenvalue weighted by molar-refractivity contribution is 4.86. The summed E-state index contributed by atoms with van der Waals surface area (Å²) in [6.07, 6.45) is 3.93. The highest BCUT2D eigenvalue weighted by Gasteiger charge is 2.25. The Labute approximate surface area is 69.5 Å². The fourth-order valence-corrected chi connectivity index (χ4v) is 1.30. The zero-order valence-corrected chi connectivity index (χ0v) is 7.64. The van der Waals surface area contributed by atoms with E-state index in [4.69, 9.17) is 5.73 Å². The second-order valence-corrected chi connectivity index (χ2v) is 3.67. The van der Waals surface area contributed by atoms with Crippen LogP contribution in [0.4, 0.5) is 0 Å². The van der Waals surface area contributed by atoms with Crippen molar-refractivity contribution in [3.8, 4) is 0 Å². The largest absolute Gasteiger partial charge is 0.329 e. The van der Waals surface area contributed by atoms with Gasteiger partial charge in [0.15, 0.2) is 0 Å². The highest BCUT2D eigenvalue weighted by Crippen LogP contribution is 2.21. The van der Waals surface area contributed by atoms with Crippen LogP contribution in [0.1, 0.15) is 33.1 Å². The maximum Gasteiger partial charge on any atom is 0.0218 e. The zero-order chi connectivity index (χ0) is 8.27. The molecule has 3 N–H and O–H groups in total. The van der Waals surface area contributed by atoms with Crippen molar-refractivity contribution in [3.63, 3.8) is 0 Å². The second-order valence-electron chi connectivity index (χ2n) is 3.67. The molecular formula is C9H20N2. The van der Waals surface area contributed by atoms with Gasteiger partial charge >= 0.3 is 0 Å². The average molecular weight is 156 g/mol. The summed E-state index contributed by atoms with van der Waals surface area (Å²) in [6, 6.07) is 1.34. The van der Waals surface area contributed by atoms with E-state index in [1.165, 1.54) is 19.3 Å². The van der Waals surface area contributed by atoms with Crippen LogP contribution in [0.2, 0.25) is 0 Å².